The first-order valence-corrected chi connectivity index (χ1v) is 14.5. The molecule has 0 saturated heterocycles. The minimum absolute atomic E-state index is 0.0732. The second-order valence-electron chi connectivity index (χ2n) is 10.7. The largest absolute Gasteiger partial charge is 0.350 e. The Morgan fingerprint density at radius 2 is 1.59 bits per heavy atom. The summed E-state index contributed by atoms with van der Waals surface area (Å²) < 4.78 is 28.9. The highest BCUT2D eigenvalue weighted by Gasteiger charge is 2.33. The molecule has 3 aromatic carbocycles. The maximum atomic E-state index is 14.0. The van der Waals surface area contributed by atoms with Crippen molar-refractivity contribution in [2.75, 3.05) is 10.8 Å². The molecular weight excluding hydrogens is 534 g/mol. The van der Waals surface area contributed by atoms with Crippen LogP contribution < -0.4 is 9.62 Å². The molecule has 0 saturated carbocycles. The van der Waals surface area contributed by atoms with Gasteiger partial charge in [-0.15, -0.1) is 0 Å². The van der Waals surface area contributed by atoms with Crippen LogP contribution in [0, 0.1) is 13.8 Å². The molecule has 2 amide bonds. The molecule has 0 fully saturated rings. The van der Waals surface area contributed by atoms with Crippen LogP contribution in [0.3, 0.4) is 0 Å². The SMILES string of the molecule is Cc1ccc(S(=O)(=O)N(CC(=O)N(Cc2cccc(Cl)c2)[C@H](C)C(=O)NC(C)(C)C)c2ccccc2C)cc1. The number of carbonyl (C=O) groups is 2. The molecule has 7 nitrogen and oxygen atoms in total. The van der Waals surface area contributed by atoms with E-state index in [1.165, 1.54) is 17.0 Å². The summed E-state index contributed by atoms with van der Waals surface area (Å²) in [6.45, 7) is 10.4. The number of halogens is 1. The third kappa shape index (κ3) is 7.83. The number of amides is 2. The monoisotopic (exact) mass is 569 g/mol. The molecule has 0 aromatic heterocycles. The van der Waals surface area contributed by atoms with E-state index in [9.17, 15) is 18.0 Å². The summed E-state index contributed by atoms with van der Waals surface area (Å²) in [5.74, 6) is -0.868. The maximum Gasteiger partial charge on any atom is 0.264 e. The number of hydrogen-bond acceptors (Lipinski definition) is 4. The Hall–Kier alpha value is -3.36. The Morgan fingerprint density at radius 1 is 0.949 bits per heavy atom. The molecule has 3 rings (SSSR count). The summed E-state index contributed by atoms with van der Waals surface area (Å²) >= 11 is 6.19. The third-order valence-electron chi connectivity index (χ3n) is 6.18. The minimum Gasteiger partial charge on any atom is -0.350 e. The molecule has 0 spiro atoms. The van der Waals surface area contributed by atoms with Gasteiger partial charge in [0, 0.05) is 17.1 Å². The topological polar surface area (TPSA) is 86.8 Å². The van der Waals surface area contributed by atoms with Crippen molar-refractivity contribution in [2.24, 2.45) is 0 Å². The molecule has 0 radical (unpaired) electrons. The van der Waals surface area contributed by atoms with Crippen molar-refractivity contribution in [3.8, 4) is 0 Å². The fourth-order valence-corrected chi connectivity index (χ4v) is 5.77. The average molecular weight is 570 g/mol. The molecule has 0 aliphatic rings. The van der Waals surface area contributed by atoms with Crippen molar-refractivity contribution in [1.82, 2.24) is 10.2 Å². The lowest BCUT2D eigenvalue weighted by atomic mass is 10.1. The number of sulfonamides is 1. The molecule has 0 bridgehead atoms. The lowest BCUT2D eigenvalue weighted by Gasteiger charge is -2.33. The Kier molecular flexibility index (Phi) is 9.46. The van der Waals surface area contributed by atoms with Crippen molar-refractivity contribution in [3.05, 3.63) is 94.5 Å². The average Bonchev–Trinajstić information content (AvgIpc) is 2.85. The zero-order chi connectivity index (χ0) is 29.0. The number of benzene rings is 3. The van der Waals surface area contributed by atoms with Crippen molar-refractivity contribution >= 4 is 39.1 Å². The molecule has 1 N–H and O–H groups in total. The van der Waals surface area contributed by atoms with E-state index in [4.69, 9.17) is 11.6 Å². The van der Waals surface area contributed by atoms with Crippen LogP contribution in [0.4, 0.5) is 5.69 Å². The summed E-state index contributed by atoms with van der Waals surface area (Å²) in [5, 5.41) is 3.41. The van der Waals surface area contributed by atoms with Crippen LogP contribution in [-0.2, 0) is 26.2 Å². The summed E-state index contributed by atoms with van der Waals surface area (Å²) in [6, 6.07) is 19.6. The highest BCUT2D eigenvalue weighted by atomic mass is 35.5. The van der Waals surface area contributed by atoms with Gasteiger partial charge in [0.05, 0.1) is 10.6 Å². The number of rotatable bonds is 9. The standard InChI is InChI=1S/C30H36ClN3O4S/c1-21-14-16-26(17-15-21)39(37,38)34(27-13-8-7-10-22(27)2)20-28(35)33(19-24-11-9-12-25(31)18-24)23(3)29(36)32-30(4,5)6/h7-18,23H,19-20H2,1-6H3,(H,32,36)/t23-/m1/s1. The van der Waals surface area contributed by atoms with Crippen LogP contribution in [0.1, 0.15) is 44.4 Å². The van der Waals surface area contributed by atoms with Gasteiger partial charge in [-0.25, -0.2) is 8.42 Å². The first-order chi connectivity index (χ1) is 18.2. The van der Waals surface area contributed by atoms with Crippen LogP contribution in [0.25, 0.3) is 0 Å². The lowest BCUT2D eigenvalue weighted by molar-refractivity contribution is -0.140. The predicted octanol–water partition coefficient (Wildman–Crippen LogP) is 5.48. The van der Waals surface area contributed by atoms with Gasteiger partial charge in [0.1, 0.15) is 12.6 Å². The number of hydrogen-bond donors (Lipinski definition) is 1. The van der Waals surface area contributed by atoms with E-state index in [1.807, 2.05) is 39.8 Å². The summed E-state index contributed by atoms with van der Waals surface area (Å²) in [5.41, 5.74) is 2.20. The highest BCUT2D eigenvalue weighted by Crippen LogP contribution is 2.27. The maximum absolute atomic E-state index is 14.0. The minimum atomic E-state index is -4.11. The van der Waals surface area contributed by atoms with Crippen LogP contribution in [0.5, 0.6) is 0 Å². The van der Waals surface area contributed by atoms with E-state index in [2.05, 4.69) is 5.32 Å². The van der Waals surface area contributed by atoms with Crippen LogP contribution in [-0.4, -0.2) is 43.3 Å². The van der Waals surface area contributed by atoms with E-state index >= 15 is 0 Å². The molecule has 0 aliphatic heterocycles. The molecule has 0 aliphatic carbocycles. The number of nitrogens with zero attached hydrogens (tertiary/aromatic N) is 2. The van der Waals surface area contributed by atoms with Gasteiger partial charge in [-0.05, 0) is 83.0 Å². The summed E-state index contributed by atoms with van der Waals surface area (Å²) in [4.78, 5) is 28.6. The second kappa shape index (κ2) is 12.2. The van der Waals surface area contributed by atoms with Crippen molar-refractivity contribution in [3.63, 3.8) is 0 Å². The number of para-hydroxylation sites is 1. The molecule has 0 heterocycles. The molecule has 208 valence electrons. The van der Waals surface area contributed by atoms with Crippen LogP contribution in [0.15, 0.2) is 77.7 Å². The Morgan fingerprint density at radius 3 is 2.18 bits per heavy atom. The molecular formula is C30H36ClN3O4S. The first kappa shape index (κ1) is 30.2. The van der Waals surface area contributed by atoms with E-state index in [1.54, 1.807) is 62.4 Å². The number of anilines is 1. The van der Waals surface area contributed by atoms with E-state index < -0.39 is 34.1 Å². The van der Waals surface area contributed by atoms with E-state index in [0.717, 1.165) is 15.4 Å². The van der Waals surface area contributed by atoms with Gasteiger partial charge in [0.2, 0.25) is 11.8 Å². The van der Waals surface area contributed by atoms with Crippen molar-refractivity contribution in [2.45, 2.75) is 64.6 Å². The van der Waals surface area contributed by atoms with Crippen molar-refractivity contribution in [1.29, 1.82) is 0 Å². The lowest BCUT2D eigenvalue weighted by Crippen LogP contribution is -2.54. The van der Waals surface area contributed by atoms with Gasteiger partial charge in [-0.2, -0.15) is 0 Å². The molecule has 9 heteroatoms. The van der Waals surface area contributed by atoms with Gasteiger partial charge in [0.25, 0.3) is 10.0 Å². The Balaban J connectivity index is 2.05. The van der Waals surface area contributed by atoms with E-state index in [-0.39, 0.29) is 17.3 Å². The highest BCUT2D eigenvalue weighted by molar-refractivity contribution is 7.92. The van der Waals surface area contributed by atoms with Crippen molar-refractivity contribution < 1.29 is 18.0 Å². The third-order valence-corrected chi connectivity index (χ3v) is 8.19. The van der Waals surface area contributed by atoms with Gasteiger partial charge in [0.15, 0.2) is 0 Å². The van der Waals surface area contributed by atoms with Gasteiger partial charge >= 0.3 is 0 Å². The van der Waals surface area contributed by atoms with Gasteiger partial charge in [-0.3, -0.25) is 13.9 Å². The number of nitrogens with one attached hydrogen (secondary N) is 1. The number of carbonyl (C=O) groups excluding carboxylic acids is 2. The smallest absolute Gasteiger partial charge is 0.264 e. The molecule has 0 unspecified atom stereocenters. The van der Waals surface area contributed by atoms with Crippen LogP contribution >= 0.6 is 11.6 Å². The zero-order valence-corrected chi connectivity index (χ0v) is 24.8. The zero-order valence-electron chi connectivity index (χ0n) is 23.2. The van der Waals surface area contributed by atoms with Gasteiger partial charge in [-0.1, -0.05) is 59.6 Å². The fraction of sp³-hybridized carbons (Fsp3) is 0.333. The second-order valence-corrected chi connectivity index (χ2v) is 13.0. The van der Waals surface area contributed by atoms with Gasteiger partial charge < -0.3 is 10.2 Å². The summed E-state index contributed by atoms with van der Waals surface area (Å²) in [6.07, 6.45) is 0. The normalized spacial score (nSPS) is 12.5. The Labute approximate surface area is 236 Å². The summed E-state index contributed by atoms with van der Waals surface area (Å²) in [7, 11) is -4.11. The van der Waals surface area contributed by atoms with E-state index in [0.29, 0.717) is 16.3 Å². The Bertz CT molecular complexity index is 1430. The fourth-order valence-electron chi connectivity index (χ4n) is 4.08. The first-order valence-electron chi connectivity index (χ1n) is 12.7. The molecule has 39 heavy (non-hydrogen) atoms. The quantitative estimate of drug-likeness (QED) is 0.369. The number of aryl methyl sites for hydroxylation is 2. The molecule has 1 atom stereocenters. The molecule has 3 aromatic rings. The van der Waals surface area contributed by atoms with Crippen LogP contribution in [0.2, 0.25) is 5.02 Å². The predicted molar refractivity (Wildman–Crippen MR) is 156 cm³/mol.